The van der Waals surface area contributed by atoms with Crippen molar-refractivity contribution in [3.8, 4) is 5.75 Å². The average molecular weight is 286 g/mol. The van der Waals surface area contributed by atoms with Crippen LogP contribution in [0.3, 0.4) is 0 Å². The molecule has 1 aromatic rings. The summed E-state index contributed by atoms with van der Waals surface area (Å²) in [5.74, 6) is 0.145. The number of amides is 1. The highest BCUT2D eigenvalue weighted by molar-refractivity contribution is 7.89. The van der Waals surface area contributed by atoms with Crippen LogP contribution in [0.25, 0.3) is 0 Å². The Bertz CT molecular complexity index is 555. The molecule has 0 saturated heterocycles. The van der Waals surface area contributed by atoms with E-state index < -0.39 is 10.0 Å². The third-order valence-corrected chi connectivity index (χ3v) is 3.75. The molecule has 0 saturated carbocycles. The second-order valence-corrected chi connectivity index (χ2v) is 5.54. The van der Waals surface area contributed by atoms with E-state index >= 15 is 0 Å². The molecule has 0 unspecified atom stereocenters. The summed E-state index contributed by atoms with van der Waals surface area (Å²) in [7, 11) is -3.56. The molecule has 0 fully saturated rings. The second-order valence-electron chi connectivity index (χ2n) is 3.77. The average Bonchev–Trinajstić information content (AvgIpc) is 2.30. The fraction of sp³-hybridized carbons (Fsp3) is 0.417. The van der Waals surface area contributed by atoms with Gasteiger partial charge in [0.05, 0.1) is 17.2 Å². The molecule has 1 amide bonds. The molecule has 0 aliphatic rings. The van der Waals surface area contributed by atoms with Gasteiger partial charge < -0.3 is 10.1 Å². The van der Waals surface area contributed by atoms with E-state index in [9.17, 15) is 13.2 Å². The quantitative estimate of drug-likeness (QED) is 0.826. The number of nitrogens with one attached hydrogen (secondary N) is 2. The maximum atomic E-state index is 11.9. The van der Waals surface area contributed by atoms with Crippen LogP contribution in [-0.4, -0.2) is 27.5 Å². The van der Waals surface area contributed by atoms with Crippen LogP contribution in [0, 0.1) is 0 Å². The summed E-state index contributed by atoms with van der Waals surface area (Å²) in [4.78, 5) is 11.2. The van der Waals surface area contributed by atoms with E-state index in [2.05, 4.69) is 10.0 Å². The predicted octanol–water partition coefficient (Wildman–Crippen LogP) is 1.34. The van der Waals surface area contributed by atoms with Gasteiger partial charge in [-0.1, -0.05) is 6.92 Å². The molecule has 0 atom stereocenters. The zero-order valence-corrected chi connectivity index (χ0v) is 12.0. The van der Waals surface area contributed by atoms with Crippen LogP contribution in [0.5, 0.6) is 5.75 Å². The van der Waals surface area contributed by atoms with Gasteiger partial charge in [0.25, 0.3) is 0 Å². The van der Waals surface area contributed by atoms with E-state index in [1.54, 1.807) is 13.8 Å². The lowest BCUT2D eigenvalue weighted by Crippen LogP contribution is -2.23. The minimum Gasteiger partial charge on any atom is -0.492 e. The molecular weight excluding hydrogens is 268 g/mol. The zero-order valence-electron chi connectivity index (χ0n) is 11.2. The topological polar surface area (TPSA) is 84.5 Å². The lowest BCUT2D eigenvalue weighted by atomic mass is 10.3. The van der Waals surface area contributed by atoms with E-state index in [0.29, 0.717) is 24.6 Å². The van der Waals surface area contributed by atoms with Gasteiger partial charge in [-0.25, -0.2) is 13.1 Å². The van der Waals surface area contributed by atoms with Crippen LogP contribution in [0.4, 0.5) is 5.69 Å². The van der Waals surface area contributed by atoms with Crippen molar-refractivity contribution in [1.29, 1.82) is 0 Å². The third kappa shape index (κ3) is 4.22. The normalized spacial score (nSPS) is 11.1. The highest BCUT2D eigenvalue weighted by Gasteiger charge is 2.16. The zero-order chi connectivity index (χ0) is 14.5. The molecule has 0 radical (unpaired) electrons. The van der Waals surface area contributed by atoms with Gasteiger partial charge in [0, 0.05) is 13.5 Å². The van der Waals surface area contributed by atoms with Crippen molar-refractivity contribution in [1.82, 2.24) is 4.72 Å². The number of rotatable bonds is 6. The van der Waals surface area contributed by atoms with Gasteiger partial charge in [-0.05, 0) is 25.1 Å². The monoisotopic (exact) mass is 286 g/mol. The number of carbonyl (C=O) groups is 1. The molecule has 0 bridgehead atoms. The van der Waals surface area contributed by atoms with Crippen molar-refractivity contribution in [2.24, 2.45) is 0 Å². The number of hydrogen-bond acceptors (Lipinski definition) is 4. The molecule has 0 aliphatic heterocycles. The Kier molecular flexibility index (Phi) is 5.31. The number of sulfonamides is 1. The van der Waals surface area contributed by atoms with Crippen molar-refractivity contribution in [2.75, 3.05) is 18.5 Å². The first-order chi connectivity index (χ1) is 8.90. The van der Waals surface area contributed by atoms with Crippen LogP contribution < -0.4 is 14.8 Å². The van der Waals surface area contributed by atoms with E-state index in [1.807, 2.05) is 0 Å². The van der Waals surface area contributed by atoms with Crippen LogP contribution in [0.2, 0.25) is 0 Å². The van der Waals surface area contributed by atoms with Gasteiger partial charge in [-0.15, -0.1) is 0 Å². The van der Waals surface area contributed by atoms with E-state index in [1.165, 1.54) is 25.1 Å². The van der Waals surface area contributed by atoms with Gasteiger partial charge in [0.1, 0.15) is 5.75 Å². The highest BCUT2D eigenvalue weighted by Crippen LogP contribution is 2.27. The van der Waals surface area contributed by atoms with Gasteiger partial charge in [0.15, 0.2) is 0 Å². The number of hydrogen-bond donors (Lipinski definition) is 2. The first-order valence-electron chi connectivity index (χ1n) is 5.94. The fourth-order valence-electron chi connectivity index (χ4n) is 1.52. The first-order valence-corrected chi connectivity index (χ1v) is 7.43. The molecule has 1 rings (SSSR count). The lowest BCUT2D eigenvalue weighted by molar-refractivity contribution is -0.114. The van der Waals surface area contributed by atoms with Crippen molar-refractivity contribution in [3.05, 3.63) is 18.2 Å². The minimum absolute atomic E-state index is 0.0848. The van der Waals surface area contributed by atoms with Gasteiger partial charge in [0.2, 0.25) is 15.9 Å². The summed E-state index contributed by atoms with van der Waals surface area (Å²) >= 11 is 0. The molecule has 1 aromatic carbocycles. The van der Waals surface area contributed by atoms with Crippen LogP contribution in [0.1, 0.15) is 20.8 Å². The van der Waals surface area contributed by atoms with E-state index in [4.69, 9.17) is 4.74 Å². The summed E-state index contributed by atoms with van der Waals surface area (Å²) in [6.07, 6.45) is 0. The second kappa shape index (κ2) is 6.53. The van der Waals surface area contributed by atoms with Crippen molar-refractivity contribution in [3.63, 3.8) is 0 Å². The predicted molar refractivity (Wildman–Crippen MR) is 72.8 cm³/mol. The summed E-state index contributed by atoms with van der Waals surface area (Å²) in [6, 6.07) is 4.34. The molecule has 0 spiro atoms. The Balaban J connectivity index is 3.21. The maximum Gasteiger partial charge on any atom is 0.240 e. The number of ether oxygens (including phenoxy) is 1. The van der Waals surface area contributed by atoms with Crippen molar-refractivity contribution < 1.29 is 17.9 Å². The maximum absolute atomic E-state index is 11.9. The Morgan fingerprint density at radius 3 is 2.53 bits per heavy atom. The Hall–Kier alpha value is -1.60. The minimum atomic E-state index is -3.56. The molecule has 0 aromatic heterocycles. The number of benzene rings is 1. The van der Waals surface area contributed by atoms with Gasteiger partial charge in [-0.3, -0.25) is 4.79 Å². The Morgan fingerprint density at radius 1 is 1.32 bits per heavy atom. The van der Waals surface area contributed by atoms with E-state index in [-0.39, 0.29) is 10.8 Å². The largest absolute Gasteiger partial charge is 0.492 e. The summed E-state index contributed by atoms with van der Waals surface area (Å²) in [5, 5.41) is 2.56. The SMILES string of the molecule is CCNS(=O)(=O)c1ccc(OCC)c(NC(C)=O)c1. The molecule has 19 heavy (non-hydrogen) atoms. The molecule has 106 valence electrons. The van der Waals surface area contributed by atoms with Crippen LogP contribution in [-0.2, 0) is 14.8 Å². The summed E-state index contributed by atoms with van der Waals surface area (Å²) in [5.41, 5.74) is 0.341. The van der Waals surface area contributed by atoms with Crippen molar-refractivity contribution in [2.45, 2.75) is 25.7 Å². The van der Waals surface area contributed by atoms with Crippen LogP contribution in [0.15, 0.2) is 23.1 Å². The van der Waals surface area contributed by atoms with E-state index in [0.717, 1.165) is 0 Å². The van der Waals surface area contributed by atoms with Gasteiger partial charge in [-0.2, -0.15) is 0 Å². The molecule has 0 aliphatic carbocycles. The molecule has 0 heterocycles. The molecule has 2 N–H and O–H groups in total. The first kappa shape index (κ1) is 15.5. The molecular formula is C12H18N2O4S. The fourth-order valence-corrected chi connectivity index (χ4v) is 2.59. The number of carbonyl (C=O) groups excluding carboxylic acids is 1. The summed E-state index contributed by atoms with van der Waals surface area (Å²) < 4.78 is 31.5. The smallest absolute Gasteiger partial charge is 0.240 e. The molecule has 7 heteroatoms. The number of anilines is 1. The molecule has 6 nitrogen and oxygen atoms in total. The van der Waals surface area contributed by atoms with Crippen LogP contribution >= 0.6 is 0 Å². The summed E-state index contributed by atoms with van der Waals surface area (Å²) in [6.45, 7) is 5.57. The Labute approximate surface area is 113 Å². The Morgan fingerprint density at radius 2 is 2.00 bits per heavy atom. The lowest BCUT2D eigenvalue weighted by Gasteiger charge is -2.12. The standard InChI is InChI=1S/C12H18N2O4S/c1-4-13-19(16,17)10-6-7-12(18-5-2)11(8-10)14-9(3)15/h6-8,13H,4-5H2,1-3H3,(H,14,15). The highest BCUT2D eigenvalue weighted by atomic mass is 32.2. The third-order valence-electron chi connectivity index (χ3n) is 2.21. The van der Waals surface area contributed by atoms with Gasteiger partial charge >= 0.3 is 0 Å². The van der Waals surface area contributed by atoms with Crippen molar-refractivity contribution >= 4 is 21.6 Å².